The zero-order valence-electron chi connectivity index (χ0n) is 10.6. The fourth-order valence-corrected chi connectivity index (χ4v) is 2.62. The molecule has 0 saturated carbocycles. The molecule has 3 rings (SSSR count). The van der Waals surface area contributed by atoms with Crippen molar-refractivity contribution in [3.63, 3.8) is 0 Å². The molecule has 2 aromatic rings. The predicted octanol–water partition coefficient (Wildman–Crippen LogP) is 3.86. The number of hydrogen-bond donors (Lipinski definition) is 0. The molecule has 0 aliphatic carbocycles. The van der Waals surface area contributed by atoms with E-state index in [-0.39, 0.29) is 17.7 Å². The van der Waals surface area contributed by atoms with Crippen LogP contribution in [0.4, 0.5) is 10.1 Å². The van der Waals surface area contributed by atoms with Crippen LogP contribution in [0.2, 0.25) is 10.0 Å². The summed E-state index contributed by atoms with van der Waals surface area (Å²) in [5, 5.41) is 0.753. The van der Waals surface area contributed by atoms with Gasteiger partial charge in [-0.05, 0) is 36.4 Å². The molecule has 3 nitrogen and oxygen atoms in total. The molecule has 0 N–H and O–H groups in total. The molecule has 1 amide bonds. The van der Waals surface area contributed by atoms with Gasteiger partial charge in [0.2, 0.25) is 0 Å². The van der Waals surface area contributed by atoms with Gasteiger partial charge in [0.15, 0.2) is 0 Å². The highest BCUT2D eigenvalue weighted by Gasteiger charge is 2.36. The van der Waals surface area contributed by atoms with Crippen molar-refractivity contribution >= 4 is 40.6 Å². The number of nitrogens with zero attached hydrogens (tertiary/aromatic N) is 1. The third-order valence-electron chi connectivity index (χ3n) is 3.27. The van der Waals surface area contributed by atoms with Crippen molar-refractivity contribution in [3.8, 4) is 0 Å². The highest BCUT2D eigenvalue weighted by molar-refractivity contribution is 6.52. The molecule has 0 radical (unpaired) electrons. The maximum absolute atomic E-state index is 13.8. The van der Waals surface area contributed by atoms with Gasteiger partial charge in [0.1, 0.15) is 5.82 Å². The summed E-state index contributed by atoms with van der Waals surface area (Å²) in [7, 11) is 0. The lowest BCUT2D eigenvalue weighted by atomic mass is 10.1. The summed E-state index contributed by atoms with van der Waals surface area (Å²) in [6.07, 6.45) is 0. The van der Waals surface area contributed by atoms with Crippen molar-refractivity contribution in [1.29, 1.82) is 0 Å². The molecule has 0 aromatic heterocycles. The maximum Gasteiger partial charge on any atom is 0.299 e. The van der Waals surface area contributed by atoms with Crippen molar-refractivity contribution in [2.24, 2.45) is 0 Å². The van der Waals surface area contributed by atoms with E-state index in [0.717, 1.165) is 0 Å². The Labute approximate surface area is 129 Å². The highest BCUT2D eigenvalue weighted by Crippen LogP contribution is 2.33. The molecule has 6 heteroatoms. The maximum atomic E-state index is 13.8. The van der Waals surface area contributed by atoms with Gasteiger partial charge in [-0.15, -0.1) is 0 Å². The Morgan fingerprint density at radius 1 is 1.00 bits per heavy atom. The van der Waals surface area contributed by atoms with Crippen molar-refractivity contribution in [3.05, 3.63) is 63.4 Å². The molecule has 0 fully saturated rings. The minimum atomic E-state index is -0.702. The fourth-order valence-electron chi connectivity index (χ4n) is 2.26. The van der Waals surface area contributed by atoms with E-state index in [2.05, 4.69) is 0 Å². The van der Waals surface area contributed by atoms with Gasteiger partial charge in [0.25, 0.3) is 11.7 Å². The standard InChI is InChI=1S/C15H8Cl2FNO2/c16-9-2-4-12(18)8(5-9)7-19-13-6-10(17)1-3-11(13)14(20)15(19)21/h1-6H,7H2. The van der Waals surface area contributed by atoms with Crippen LogP contribution in [0.1, 0.15) is 15.9 Å². The Bertz CT molecular complexity index is 776. The lowest BCUT2D eigenvalue weighted by molar-refractivity contribution is -0.114. The second-order valence-corrected chi connectivity index (χ2v) is 5.49. The number of amides is 1. The predicted molar refractivity (Wildman–Crippen MR) is 78.4 cm³/mol. The van der Waals surface area contributed by atoms with Crippen molar-refractivity contribution in [2.75, 3.05) is 4.90 Å². The number of rotatable bonds is 2. The molecule has 0 atom stereocenters. The van der Waals surface area contributed by atoms with Gasteiger partial charge in [-0.3, -0.25) is 9.59 Å². The first-order chi connectivity index (χ1) is 9.97. The molecular formula is C15H8Cl2FNO2. The Morgan fingerprint density at radius 2 is 1.67 bits per heavy atom. The molecule has 0 spiro atoms. The molecule has 2 aromatic carbocycles. The largest absolute Gasteiger partial charge is 0.300 e. The molecule has 0 bridgehead atoms. The number of carbonyl (C=O) groups excluding carboxylic acids is 2. The van der Waals surface area contributed by atoms with Gasteiger partial charge in [0.05, 0.1) is 17.8 Å². The summed E-state index contributed by atoms with van der Waals surface area (Å²) in [5.74, 6) is -1.81. The van der Waals surface area contributed by atoms with Crippen LogP contribution >= 0.6 is 23.2 Å². The number of Topliss-reactive ketones (excluding diaryl/α,β-unsaturated/α-hetero) is 1. The monoisotopic (exact) mass is 323 g/mol. The first-order valence-electron chi connectivity index (χ1n) is 6.07. The molecule has 106 valence electrons. The Balaban J connectivity index is 2.04. The number of carbonyl (C=O) groups is 2. The van der Waals surface area contributed by atoms with E-state index in [0.29, 0.717) is 15.7 Å². The van der Waals surface area contributed by atoms with Crippen LogP contribution in [0.15, 0.2) is 36.4 Å². The summed E-state index contributed by atoms with van der Waals surface area (Å²) in [4.78, 5) is 25.2. The van der Waals surface area contributed by atoms with E-state index in [1.807, 2.05) is 0 Å². The minimum Gasteiger partial charge on any atom is -0.300 e. The van der Waals surface area contributed by atoms with E-state index in [4.69, 9.17) is 23.2 Å². The quantitative estimate of drug-likeness (QED) is 0.787. The second kappa shape index (κ2) is 5.13. The van der Waals surface area contributed by atoms with Crippen molar-refractivity contribution in [2.45, 2.75) is 6.54 Å². The SMILES string of the molecule is O=C1C(=O)N(Cc2cc(Cl)ccc2F)c2cc(Cl)ccc21. The summed E-state index contributed by atoms with van der Waals surface area (Å²) >= 11 is 11.7. The number of halogens is 3. The molecule has 1 aliphatic heterocycles. The smallest absolute Gasteiger partial charge is 0.299 e. The van der Waals surface area contributed by atoms with Crippen LogP contribution in [-0.2, 0) is 11.3 Å². The number of hydrogen-bond acceptors (Lipinski definition) is 2. The lowest BCUT2D eigenvalue weighted by Gasteiger charge is -2.17. The minimum absolute atomic E-state index is 0.0791. The van der Waals surface area contributed by atoms with E-state index in [9.17, 15) is 14.0 Å². The van der Waals surface area contributed by atoms with Gasteiger partial charge >= 0.3 is 0 Å². The molecule has 0 saturated heterocycles. The Morgan fingerprint density at radius 3 is 2.43 bits per heavy atom. The van der Waals surface area contributed by atoms with Crippen LogP contribution in [0.25, 0.3) is 0 Å². The van der Waals surface area contributed by atoms with Crippen LogP contribution in [0.3, 0.4) is 0 Å². The summed E-state index contributed by atoms with van der Waals surface area (Å²) in [6.45, 7) is -0.0791. The first-order valence-corrected chi connectivity index (χ1v) is 6.82. The molecule has 1 heterocycles. The molecular weight excluding hydrogens is 316 g/mol. The number of benzene rings is 2. The Kier molecular flexibility index (Phi) is 3.43. The topological polar surface area (TPSA) is 37.4 Å². The van der Waals surface area contributed by atoms with Crippen LogP contribution in [0.5, 0.6) is 0 Å². The van der Waals surface area contributed by atoms with Crippen molar-refractivity contribution in [1.82, 2.24) is 0 Å². The second-order valence-electron chi connectivity index (χ2n) is 4.62. The lowest BCUT2D eigenvalue weighted by Crippen LogP contribution is -2.29. The first kappa shape index (κ1) is 14.0. The highest BCUT2D eigenvalue weighted by atomic mass is 35.5. The third kappa shape index (κ3) is 2.41. The summed E-state index contributed by atoms with van der Waals surface area (Å²) in [6, 6.07) is 8.61. The van der Waals surface area contributed by atoms with Crippen LogP contribution in [-0.4, -0.2) is 11.7 Å². The van der Waals surface area contributed by atoms with Gasteiger partial charge in [0, 0.05) is 15.6 Å². The van der Waals surface area contributed by atoms with Crippen molar-refractivity contribution < 1.29 is 14.0 Å². The summed E-state index contributed by atoms with van der Waals surface area (Å²) in [5.41, 5.74) is 0.889. The van der Waals surface area contributed by atoms with Gasteiger partial charge in [-0.1, -0.05) is 23.2 Å². The molecule has 0 unspecified atom stereocenters. The number of anilines is 1. The van der Waals surface area contributed by atoms with E-state index >= 15 is 0 Å². The Hall–Kier alpha value is -1.91. The van der Waals surface area contributed by atoms with E-state index in [1.54, 1.807) is 0 Å². The fraction of sp³-hybridized carbons (Fsp3) is 0.0667. The normalized spacial score (nSPS) is 13.8. The van der Waals surface area contributed by atoms with Gasteiger partial charge in [-0.2, -0.15) is 0 Å². The number of fused-ring (bicyclic) bond motifs is 1. The zero-order chi connectivity index (χ0) is 15.1. The van der Waals surface area contributed by atoms with Gasteiger partial charge < -0.3 is 4.90 Å². The van der Waals surface area contributed by atoms with E-state index < -0.39 is 17.5 Å². The van der Waals surface area contributed by atoms with Crippen LogP contribution in [0, 0.1) is 5.82 Å². The van der Waals surface area contributed by atoms with E-state index in [1.165, 1.54) is 41.3 Å². The average molecular weight is 324 g/mol. The van der Waals surface area contributed by atoms with Gasteiger partial charge in [-0.25, -0.2) is 4.39 Å². The zero-order valence-corrected chi connectivity index (χ0v) is 12.1. The average Bonchev–Trinajstić information content (AvgIpc) is 2.67. The number of ketones is 1. The summed E-state index contributed by atoms with van der Waals surface area (Å²) < 4.78 is 13.8. The van der Waals surface area contributed by atoms with Crippen LogP contribution < -0.4 is 4.90 Å². The molecule has 21 heavy (non-hydrogen) atoms. The molecule has 1 aliphatic rings. The third-order valence-corrected chi connectivity index (χ3v) is 3.74.